The van der Waals surface area contributed by atoms with Crippen molar-refractivity contribution >= 4 is 10.1 Å². The molecule has 3 rings (SSSR count). The Morgan fingerprint density at radius 3 is 2.68 bits per heavy atom. The minimum Gasteiger partial charge on any atom is -0.383 e. The Labute approximate surface area is 149 Å². The fourth-order valence-electron chi connectivity index (χ4n) is 3.28. The SMILES string of the molecule is C=C[C@]1(N2CCO[C@@H](c3ccc(OS(C)(=O)=O)cc3)C2)C=CC=CC1. The molecule has 2 atom stereocenters. The molecule has 1 fully saturated rings. The second-order valence-electron chi connectivity index (χ2n) is 6.35. The zero-order chi connectivity index (χ0) is 17.9. The third-order valence-electron chi connectivity index (χ3n) is 4.59. The molecule has 2 aliphatic rings. The zero-order valence-electron chi connectivity index (χ0n) is 14.3. The highest BCUT2D eigenvalue weighted by atomic mass is 32.2. The fourth-order valence-corrected chi connectivity index (χ4v) is 3.74. The molecule has 0 bridgehead atoms. The summed E-state index contributed by atoms with van der Waals surface area (Å²) in [6.07, 6.45) is 12.3. The van der Waals surface area contributed by atoms with E-state index in [2.05, 4.69) is 35.8 Å². The van der Waals surface area contributed by atoms with E-state index in [9.17, 15) is 8.42 Å². The average Bonchev–Trinajstić information content (AvgIpc) is 2.62. The monoisotopic (exact) mass is 361 g/mol. The van der Waals surface area contributed by atoms with Crippen molar-refractivity contribution in [1.29, 1.82) is 0 Å². The second kappa shape index (κ2) is 7.15. The predicted octanol–water partition coefficient (Wildman–Crippen LogP) is 2.84. The van der Waals surface area contributed by atoms with E-state index in [1.54, 1.807) is 12.1 Å². The largest absolute Gasteiger partial charge is 0.383 e. The van der Waals surface area contributed by atoms with E-state index in [-0.39, 0.29) is 11.6 Å². The van der Waals surface area contributed by atoms with E-state index in [1.807, 2.05) is 18.2 Å². The molecule has 5 nitrogen and oxygen atoms in total. The van der Waals surface area contributed by atoms with E-state index in [1.165, 1.54) is 0 Å². The van der Waals surface area contributed by atoms with E-state index >= 15 is 0 Å². The van der Waals surface area contributed by atoms with Crippen LogP contribution >= 0.6 is 0 Å². The molecule has 1 aromatic carbocycles. The quantitative estimate of drug-likeness (QED) is 0.596. The highest BCUT2D eigenvalue weighted by Crippen LogP contribution is 2.33. The lowest BCUT2D eigenvalue weighted by Gasteiger charge is -2.44. The molecule has 0 aromatic heterocycles. The van der Waals surface area contributed by atoms with Gasteiger partial charge in [-0.1, -0.05) is 42.5 Å². The van der Waals surface area contributed by atoms with Crippen LogP contribution in [-0.4, -0.2) is 44.8 Å². The molecular weight excluding hydrogens is 338 g/mol. The number of benzene rings is 1. The third-order valence-corrected chi connectivity index (χ3v) is 5.08. The molecule has 1 aromatic rings. The van der Waals surface area contributed by atoms with Gasteiger partial charge < -0.3 is 8.92 Å². The van der Waals surface area contributed by atoms with Crippen molar-refractivity contribution in [3.05, 3.63) is 66.8 Å². The molecular formula is C19H23NO4S. The summed E-state index contributed by atoms with van der Waals surface area (Å²) in [6, 6.07) is 7.02. The van der Waals surface area contributed by atoms with Gasteiger partial charge in [-0.2, -0.15) is 8.42 Å². The van der Waals surface area contributed by atoms with Crippen LogP contribution in [0, 0.1) is 0 Å². The normalized spacial score (nSPS) is 27.2. The molecule has 1 aliphatic carbocycles. The summed E-state index contributed by atoms with van der Waals surface area (Å²) in [5.41, 5.74) is 0.830. The van der Waals surface area contributed by atoms with E-state index < -0.39 is 10.1 Å². The van der Waals surface area contributed by atoms with Crippen molar-refractivity contribution in [2.24, 2.45) is 0 Å². The lowest BCUT2D eigenvalue weighted by molar-refractivity contribution is -0.0511. The summed E-state index contributed by atoms with van der Waals surface area (Å²) >= 11 is 0. The van der Waals surface area contributed by atoms with E-state index in [4.69, 9.17) is 8.92 Å². The smallest absolute Gasteiger partial charge is 0.306 e. The van der Waals surface area contributed by atoms with Crippen LogP contribution in [-0.2, 0) is 14.9 Å². The highest BCUT2D eigenvalue weighted by Gasteiger charge is 2.35. The Morgan fingerprint density at radius 1 is 1.32 bits per heavy atom. The number of hydrogen-bond donors (Lipinski definition) is 0. The van der Waals surface area contributed by atoms with Crippen molar-refractivity contribution in [3.63, 3.8) is 0 Å². The van der Waals surface area contributed by atoms with Gasteiger partial charge in [-0.3, -0.25) is 4.90 Å². The molecule has 0 radical (unpaired) electrons. The Hall–Kier alpha value is -1.89. The molecule has 6 heteroatoms. The first kappa shape index (κ1) is 17.9. The van der Waals surface area contributed by atoms with E-state index in [0.29, 0.717) is 12.4 Å². The highest BCUT2D eigenvalue weighted by molar-refractivity contribution is 7.86. The number of nitrogens with zero attached hydrogens (tertiary/aromatic N) is 1. The Balaban J connectivity index is 1.74. The van der Waals surface area contributed by atoms with Crippen LogP contribution in [0.3, 0.4) is 0 Å². The summed E-state index contributed by atoms with van der Waals surface area (Å²) in [4.78, 5) is 2.38. The van der Waals surface area contributed by atoms with Crippen LogP contribution < -0.4 is 4.18 Å². The second-order valence-corrected chi connectivity index (χ2v) is 7.92. The van der Waals surface area contributed by atoms with Crippen LogP contribution in [0.25, 0.3) is 0 Å². The standard InChI is InChI=1S/C19H23NO4S/c1-3-19(11-5-4-6-12-19)20-13-14-23-18(15-20)16-7-9-17(10-8-16)24-25(2,21)22/h3-11,18H,1,12-15H2,2H3/t18-,19+/m1/s1. The van der Waals surface area contributed by atoms with Crippen LogP contribution in [0.5, 0.6) is 5.75 Å². The number of morpholine rings is 1. The van der Waals surface area contributed by atoms with Crippen LogP contribution in [0.4, 0.5) is 0 Å². The molecule has 0 N–H and O–H groups in total. The van der Waals surface area contributed by atoms with Gasteiger partial charge >= 0.3 is 10.1 Å². The van der Waals surface area contributed by atoms with Crippen LogP contribution in [0.1, 0.15) is 18.1 Å². The molecule has 134 valence electrons. The zero-order valence-corrected chi connectivity index (χ0v) is 15.1. The molecule has 1 aliphatic heterocycles. The fraction of sp³-hybridized carbons (Fsp3) is 0.368. The minimum absolute atomic E-state index is 0.0721. The summed E-state index contributed by atoms with van der Waals surface area (Å²) in [5.74, 6) is 0.307. The molecule has 1 heterocycles. The molecule has 0 saturated carbocycles. The van der Waals surface area contributed by atoms with Gasteiger partial charge in [0.2, 0.25) is 0 Å². The summed E-state index contributed by atoms with van der Waals surface area (Å²) < 4.78 is 33.2. The van der Waals surface area contributed by atoms with E-state index in [0.717, 1.165) is 31.3 Å². The van der Waals surface area contributed by atoms with Crippen molar-refractivity contribution in [3.8, 4) is 5.75 Å². The molecule has 0 amide bonds. The van der Waals surface area contributed by atoms with Gasteiger partial charge in [0, 0.05) is 13.1 Å². The Kier molecular flexibility index (Phi) is 5.13. The molecule has 0 spiro atoms. The first-order chi connectivity index (χ1) is 11.9. The Morgan fingerprint density at radius 2 is 2.08 bits per heavy atom. The molecule has 0 unspecified atom stereocenters. The van der Waals surface area contributed by atoms with Gasteiger partial charge in [-0.05, 0) is 24.1 Å². The summed E-state index contributed by atoms with van der Waals surface area (Å²) in [7, 11) is -3.51. The maximum absolute atomic E-state index is 11.2. The number of allylic oxidation sites excluding steroid dienone is 2. The van der Waals surface area contributed by atoms with Gasteiger partial charge in [0.05, 0.1) is 24.5 Å². The molecule has 25 heavy (non-hydrogen) atoms. The summed E-state index contributed by atoms with van der Waals surface area (Å²) in [5, 5.41) is 0. The topological polar surface area (TPSA) is 55.8 Å². The number of hydrogen-bond acceptors (Lipinski definition) is 5. The maximum atomic E-state index is 11.2. The average molecular weight is 361 g/mol. The predicted molar refractivity (Wildman–Crippen MR) is 98.0 cm³/mol. The third kappa shape index (κ3) is 4.21. The first-order valence-electron chi connectivity index (χ1n) is 8.26. The number of ether oxygens (including phenoxy) is 1. The van der Waals surface area contributed by atoms with Crippen LogP contribution in [0.15, 0.2) is 61.2 Å². The Bertz CT molecular complexity index is 782. The van der Waals surface area contributed by atoms with Gasteiger partial charge in [0.25, 0.3) is 0 Å². The van der Waals surface area contributed by atoms with Gasteiger partial charge in [0.15, 0.2) is 0 Å². The summed E-state index contributed by atoms with van der Waals surface area (Å²) in [6.45, 7) is 6.26. The van der Waals surface area contributed by atoms with Crippen molar-refractivity contribution in [2.75, 3.05) is 26.0 Å². The minimum atomic E-state index is -3.51. The van der Waals surface area contributed by atoms with Crippen molar-refractivity contribution in [1.82, 2.24) is 4.90 Å². The van der Waals surface area contributed by atoms with Crippen LogP contribution in [0.2, 0.25) is 0 Å². The molecule has 1 saturated heterocycles. The van der Waals surface area contributed by atoms with Crippen molar-refractivity contribution < 1.29 is 17.3 Å². The first-order valence-corrected chi connectivity index (χ1v) is 10.1. The maximum Gasteiger partial charge on any atom is 0.306 e. The lowest BCUT2D eigenvalue weighted by Crippen LogP contribution is -2.52. The number of rotatable bonds is 5. The van der Waals surface area contributed by atoms with Gasteiger partial charge in [-0.15, -0.1) is 6.58 Å². The van der Waals surface area contributed by atoms with Gasteiger partial charge in [-0.25, -0.2) is 0 Å². The van der Waals surface area contributed by atoms with Gasteiger partial charge in [0.1, 0.15) is 5.75 Å². The lowest BCUT2D eigenvalue weighted by atomic mass is 9.88. The van der Waals surface area contributed by atoms with Crippen molar-refractivity contribution in [2.45, 2.75) is 18.1 Å².